The Labute approximate surface area is 230 Å². The predicted octanol–water partition coefficient (Wildman–Crippen LogP) is 2.42. The molecule has 0 saturated heterocycles. The molecular weight excluding hydrogens is 514 g/mol. The average Bonchev–Trinajstić information content (AvgIpc) is 2.76. The summed E-state index contributed by atoms with van der Waals surface area (Å²) >= 11 is 1.39. The molecule has 0 aromatic rings. The molecule has 2 atom stereocenters. The molecule has 0 aromatic carbocycles. The second-order valence-electron chi connectivity index (χ2n) is 11.7. The van der Waals surface area contributed by atoms with Crippen LogP contribution in [-0.2, 0) is 28.7 Å². The van der Waals surface area contributed by atoms with Gasteiger partial charge in [-0.15, -0.1) is 0 Å². The topological polar surface area (TPSA) is 171 Å². The average molecular weight is 562 g/mol. The number of carboxylic acid groups (broad SMARTS) is 2. The number of amides is 3. The minimum Gasteiger partial charge on any atom is -0.481 e. The first-order valence-corrected chi connectivity index (χ1v) is 14.1. The van der Waals surface area contributed by atoms with Gasteiger partial charge in [0.25, 0.3) is 0 Å². The monoisotopic (exact) mass is 561 g/mol. The van der Waals surface area contributed by atoms with Gasteiger partial charge < -0.3 is 30.9 Å². The van der Waals surface area contributed by atoms with E-state index in [9.17, 15) is 29.1 Å². The maximum Gasteiger partial charge on any atom is 0.327 e. The molecule has 0 aliphatic carbocycles. The number of nitrogens with one attached hydrogen (secondary N) is 3. The molecule has 0 bridgehead atoms. The number of hydrogen-bond donors (Lipinski definition) is 5. The quantitative estimate of drug-likeness (QED) is 0.149. The van der Waals surface area contributed by atoms with E-state index >= 15 is 0 Å². The highest BCUT2D eigenvalue weighted by molar-refractivity contribution is 7.99. The molecule has 0 heterocycles. The third-order valence-electron chi connectivity index (χ3n) is 5.11. The summed E-state index contributed by atoms with van der Waals surface area (Å²) in [5.41, 5.74) is 0.163. The Bertz CT molecular complexity index is 777. The van der Waals surface area contributed by atoms with Crippen LogP contribution in [0.4, 0.5) is 0 Å². The SMILES string of the molecule is CC(C)(C)CCCC(=O)NCCOCCC(=O)N[C@@H](CCC(=O)O)C(=O)N[C@@H](CSCC(C)(C)C)C(=O)O. The zero-order chi connectivity index (χ0) is 29.4. The van der Waals surface area contributed by atoms with Gasteiger partial charge in [0.2, 0.25) is 17.7 Å². The van der Waals surface area contributed by atoms with Crippen molar-refractivity contribution >= 4 is 41.4 Å². The van der Waals surface area contributed by atoms with Crippen LogP contribution < -0.4 is 16.0 Å². The Hall–Kier alpha value is -2.34. The van der Waals surface area contributed by atoms with Crippen LogP contribution in [0, 0.1) is 10.8 Å². The van der Waals surface area contributed by atoms with E-state index in [4.69, 9.17) is 9.84 Å². The number of carbonyl (C=O) groups excluding carboxylic acids is 3. The van der Waals surface area contributed by atoms with Crippen molar-refractivity contribution in [2.75, 3.05) is 31.3 Å². The smallest absolute Gasteiger partial charge is 0.327 e. The highest BCUT2D eigenvalue weighted by Crippen LogP contribution is 2.22. The predicted molar refractivity (Wildman–Crippen MR) is 147 cm³/mol. The fraction of sp³-hybridized carbons (Fsp3) is 0.808. The molecule has 0 fully saturated rings. The van der Waals surface area contributed by atoms with Crippen molar-refractivity contribution in [2.24, 2.45) is 10.8 Å². The number of thioether (sulfide) groups is 1. The number of ether oxygens (including phenoxy) is 1. The van der Waals surface area contributed by atoms with Gasteiger partial charge in [-0.1, -0.05) is 41.5 Å². The van der Waals surface area contributed by atoms with Crippen LogP contribution >= 0.6 is 11.8 Å². The van der Waals surface area contributed by atoms with Gasteiger partial charge in [0, 0.05) is 31.6 Å². The lowest BCUT2D eigenvalue weighted by molar-refractivity contribution is -0.142. The summed E-state index contributed by atoms with van der Waals surface area (Å²) in [5.74, 6) is -2.87. The van der Waals surface area contributed by atoms with Crippen molar-refractivity contribution in [3.8, 4) is 0 Å². The summed E-state index contributed by atoms with van der Waals surface area (Å²) in [6, 6.07) is -2.37. The Morgan fingerprint density at radius 1 is 0.816 bits per heavy atom. The van der Waals surface area contributed by atoms with E-state index in [2.05, 4.69) is 36.7 Å². The fourth-order valence-corrected chi connectivity index (χ4v) is 4.32. The van der Waals surface area contributed by atoms with Gasteiger partial charge in [-0.05, 0) is 35.8 Å². The van der Waals surface area contributed by atoms with Gasteiger partial charge in [-0.25, -0.2) is 4.79 Å². The molecule has 220 valence electrons. The minimum atomic E-state index is -1.21. The Balaban J connectivity index is 4.56. The van der Waals surface area contributed by atoms with Gasteiger partial charge >= 0.3 is 11.9 Å². The van der Waals surface area contributed by atoms with Crippen molar-refractivity contribution in [2.45, 2.75) is 92.2 Å². The van der Waals surface area contributed by atoms with Crippen LogP contribution in [0.15, 0.2) is 0 Å². The molecule has 38 heavy (non-hydrogen) atoms. The number of carbonyl (C=O) groups is 5. The van der Waals surface area contributed by atoms with Crippen LogP contribution in [0.25, 0.3) is 0 Å². The zero-order valence-electron chi connectivity index (χ0n) is 23.7. The number of rotatable bonds is 19. The van der Waals surface area contributed by atoms with E-state index in [0.717, 1.165) is 12.8 Å². The molecule has 3 amide bonds. The van der Waals surface area contributed by atoms with Crippen molar-refractivity contribution in [1.82, 2.24) is 16.0 Å². The van der Waals surface area contributed by atoms with Crippen LogP contribution in [0.1, 0.15) is 80.1 Å². The maximum absolute atomic E-state index is 12.7. The van der Waals surface area contributed by atoms with E-state index in [0.29, 0.717) is 18.7 Å². The van der Waals surface area contributed by atoms with E-state index in [1.807, 2.05) is 20.8 Å². The fourth-order valence-electron chi connectivity index (χ4n) is 3.13. The molecule has 5 N–H and O–H groups in total. The first-order chi connectivity index (χ1) is 17.5. The third kappa shape index (κ3) is 20.7. The summed E-state index contributed by atoms with van der Waals surface area (Å²) in [6.45, 7) is 13.0. The standard InChI is InChI=1S/C26H47N3O8S/c1-25(2,3)12-7-8-20(30)27-13-15-37-14-11-21(31)28-18(9-10-22(32)33)23(34)29-19(24(35)36)16-38-17-26(4,5)6/h18-19H,7-17H2,1-6H3,(H,27,30)(H,28,31)(H,29,34)(H,32,33)(H,35,36)/t18-,19-/m0/s1. The third-order valence-corrected chi connectivity index (χ3v) is 6.74. The molecule has 11 nitrogen and oxygen atoms in total. The maximum atomic E-state index is 12.7. The lowest BCUT2D eigenvalue weighted by atomic mass is 9.90. The van der Waals surface area contributed by atoms with Crippen LogP contribution in [0.2, 0.25) is 0 Å². The summed E-state index contributed by atoms with van der Waals surface area (Å²) in [4.78, 5) is 59.5. The minimum absolute atomic E-state index is 0.0184. The molecular formula is C26H47N3O8S. The van der Waals surface area contributed by atoms with Crippen molar-refractivity contribution < 1.29 is 38.9 Å². The molecule has 0 aromatic heterocycles. The highest BCUT2D eigenvalue weighted by atomic mass is 32.2. The largest absolute Gasteiger partial charge is 0.481 e. The van der Waals surface area contributed by atoms with Gasteiger partial charge in [-0.2, -0.15) is 11.8 Å². The Kier molecular flexibility index (Phi) is 16.9. The van der Waals surface area contributed by atoms with Crippen LogP contribution in [0.5, 0.6) is 0 Å². The molecule has 0 rings (SSSR count). The van der Waals surface area contributed by atoms with E-state index in [-0.39, 0.29) is 55.0 Å². The van der Waals surface area contributed by atoms with Gasteiger partial charge in [0.1, 0.15) is 12.1 Å². The molecule has 0 aliphatic rings. The normalized spacial score (nSPS) is 13.3. The highest BCUT2D eigenvalue weighted by Gasteiger charge is 2.27. The number of aliphatic carboxylic acids is 2. The van der Waals surface area contributed by atoms with Crippen molar-refractivity contribution in [1.29, 1.82) is 0 Å². The number of carboxylic acids is 2. The molecule has 0 unspecified atom stereocenters. The van der Waals surface area contributed by atoms with E-state index in [1.54, 1.807) is 0 Å². The van der Waals surface area contributed by atoms with Crippen molar-refractivity contribution in [3.63, 3.8) is 0 Å². The molecule has 0 spiro atoms. The van der Waals surface area contributed by atoms with E-state index in [1.165, 1.54) is 11.8 Å². The Morgan fingerprint density at radius 2 is 1.47 bits per heavy atom. The Morgan fingerprint density at radius 3 is 2.03 bits per heavy atom. The van der Waals surface area contributed by atoms with Crippen LogP contribution in [-0.4, -0.2) is 83.2 Å². The van der Waals surface area contributed by atoms with E-state index < -0.39 is 35.8 Å². The van der Waals surface area contributed by atoms with Crippen LogP contribution in [0.3, 0.4) is 0 Å². The van der Waals surface area contributed by atoms with Gasteiger partial charge in [0.15, 0.2) is 0 Å². The van der Waals surface area contributed by atoms with Crippen molar-refractivity contribution in [3.05, 3.63) is 0 Å². The summed E-state index contributed by atoms with van der Waals surface area (Å²) < 4.78 is 5.37. The molecule has 0 aliphatic heterocycles. The lowest BCUT2D eigenvalue weighted by Gasteiger charge is -2.22. The first kappa shape index (κ1) is 35.7. The first-order valence-electron chi connectivity index (χ1n) is 13.0. The molecule has 0 saturated carbocycles. The second kappa shape index (κ2) is 18.0. The lowest BCUT2D eigenvalue weighted by Crippen LogP contribution is -2.52. The summed E-state index contributed by atoms with van der Waals surface area (Å²) in [5, 5.41) is 26.1. The number of hydrogen-bond acceptors (Lipinski definition) is 7. The molecule has 0 radical (unpaired) electrons. The van der Waals surface area contributed by atoms with Gasteiger partial charge in [0.05, 0.1) is 13.2 Å². The second-order valence-corrected chi connectivity index (χ2v) is 12.7. The van der Waals surface area contributed by atoms with Gasteiger partial charge in [-0.3, -0.25) is 19.2 Å². The summed E-state index contributed by atoms with van der Waals surface area (Å²) in [6.07, 6.45) is 1.55. The summed E-state index contributed by atoms with van der Waals surface area (Å²) in [7, 11) is 0. The molecule has 12 heteroatoms. The zero-order valence-corrected chi connectivity index (χ0v) is 24.5.